The zero-order valence-corrected chi connectivity index (χ0v) is 18.1. The summed E-state index contributed by atoms with van der Waals surface area (Å²) in [7, 11) is 0. The van der Waals surface area contributed by atoms with E-state index in [0.717, 1.165) is 43.5 Å². The lowest BCUT2D eigenvalue weighted by molar-refractivity contribution is -0.140. The predicted octanol–water partition coefficient (Wildman–Crippen LogP) is 3.47. The van der Waals surface area contributed by atoms with Crippen LogP contribution < -0.4 is 10.1 Å². The third-order valence-corrected chi connectivity index (χ3v) is 6.98. The zero-order valence-electron chi connectivity index (χ0n) is 18.1. The van der Waals surface area contributed by atoms with Crippen molar-refractivity contribution in [3.63, 3.8) is 0 Å². The minimum atomic E-state index is -0.117. The predicted molar refractivity (Wildman–Crippen MR) is 119 cm³/mol. The van der Waals surface area contributed by atoms with E-state index >= 15 is 0 Å². The minimum Gasteiger partial charge on any atom is -0.483 e. The van der Waals surface area contributed by atoms with Crippen LogP contribution in [-0.2, 0) is 9.53 Å². The maximum Gasteiger partial charge on any atom is 0.260 e. The number of nitrogens with one attached hydrogen (secondary N) is 1. The first-order valence-electron chi connectivity index (χ1n) is 11.5. The van der Waals surface area contributed by atoms with E-state index in [0.29, 0.717) is 24.6 Å². The second-order valence-electron chi connectivity index (χ2n) is 8.87. The number of nitriles is 1. The van der Waals surface area contributed by atoms with Gasteiger partial charge in [-0.1, -0.05) is 18.2 Å². The Kier molecular flexibility index (Phi) is 5.95. The van der Waals surface area contributed by atoms with Crippen LogP contribution in [0, 0.1) is 11.3 Å². The molecule has 1 amide bonds. The summed E-state index contributed by atoms with van der Waals surface area (Å²) in [4.78, 5) is 19.2. The first-order valence-corrected chi connectivity index (χ1v) is 11.5. The highest BCUT2D eigenvalue weighted by atomic mass is 16.5. The molecular formula is C25H28N4O3. The molecule has 4 atom stereocenters. The number of amides is 1. The van der Waals surface area contributed by atoms with Crippen molar-refractivity contribution < 1.29 is 14.3 Å². The van der Waals surface area contributed by atoms with E-state index < -0.39 is 0 Å². The molecule has 1 saturated heterocycles. The molecule has 0 unspecified atom stereocenters. The third-order valence-electron chi connectivity index (χ3n) is 6.98. The number of carbonyl (C=O) groups is 1. The Bertz CT molecular complexity index is 1020. The van der Waals surface area contributed by atoms with Crippen LogP contribution >= 0.6 is 0 Å². The van der Waals surface area contributed by atoms with Crippen LogP contribution in [0.3, 0.4) is 0 Å². The molecule has 2 aromatic rings. The molecule has 2 aliphatic heterocycles. The summed E-state index contributed by atoms with van der Waals surface area (Å²) in [6, 6.07) is 12.0. The molecule has 7 heteroatoms. The van der Waals surface area contributed by atoms with Crippen molar-refractivity contribution in [3.05, 3.63) is 53.9 Å². The largest absolute Gasteiger partial charge is 0.483 e. The fourth-order valence-corrected chi connectivity index (χ4v) is 5.33. The molecule has 1 aliphatic carbocycles. The molecule has 1 saturated carbocycles. The zero-order chi connectivity index (χ0) is 21.9. The molecule has 1 aromatic carbocycles. The van der Waals surface area contributed by atoms with E-state index in [4.69, 9.17) is 9.47 Å². The number of anilines is 1. The Morgan fingerprint density at radius 2 is 2.09 bits per heavy atom. The van der Waals surface area contributed by atoms with Crippen molar-refractivity contribution in [2.45, 2.75) is 56.2 Å². The van der Waals surface area contributed by atoms with Crippen molar-refractivity contribution >= 4 is 11.6 Å². The Labute approximate surface area is 188 Å². The highest BCUT2D eigenvalue weighted by Crippen LogP contribution is 2.40. The van der Waals surface area contributed by atoms with Crippen LogP contribution in [0.15, 0.2) is 42.7 Å². The number of nitrogens with zero attached hydrogens (tertiary/aromatic N) is 3. The van der Waals surface area contributed by atoms with E-state index in [1.165, 1.54) is 5.56 Å². The highest BCUT2D eigenvalue weighted by Gasteiger charge is 2.37. The first-order chi connectivity index (χ1) is 15.7. The smallest absolute Gasteiger partial charge is 0.260 e. The van der Waals surface area contributed by atoms with E-state index in [2.05, 4.69) is 22.4 Å². The molecule has 7 nitrogen and oxygen atoms in total. The number of piperidine rings is 1. The monoisotopic (exact) mass is 432 g/mol. The van der Waals surface area contributed by atoms with Crippen molar-refractivity contribution in [2.24, 2.45) is 0 Å². The molecule has 2 bridgehead atoms. The Balaban J connectivity index is 1.41. The van der Waals surface area contributed by atoms with Gasteiger partial charge in [0, 0.05) is 25.0 Å². The van der Waals surface area contributed by atoms with Crippen molar-refractivity contribution in [3.8, 4) is 11.8 Å². The van der Waals surface area contributed by atoms with Crippen LogP contribution in [0.5, 0.6) is 5.75 Å². The minimum absolute atomic E-state index is 0.00498. The number of ether oxygens (including phenoxy) is 2. The van der Waals surface area contributed by atoms with Gasteiger partial charge >= 0.3 is 0 Å². The van der Waals surface area contributed by atoms with Gasteiger partial charge in [-0.2, -0.15) is 5.26 Å². The quantitative estimate of drug-likeness (QED) is 0.782. The molecule has 166 valence electrons. The van der Waals surface area contributed by atoms with Gasteiger partial charge in [0.05, 0.1) is 30.0 Å². The van der Waals surface area contributed by atoms with Crippen molar-refractivity contribution in [1.29, 1.82) is 5.26 Å². The second-order valence-corrected chi connectivity index (χ2v) is 8.87. The van der Waals surface area contributed by atoms with E-state index in [9.17, 15) is 10.1 Å². The number of hydrogen-bond acceptors (Lipinski definition) is 6. The van der Waals surface area contributed by atoms with Crippen LogP contribution in [-0.4, -0.2) is 53.7 Å². The van der Waals surface area contributed by atoms with Gasteiger partial charge in [-0.3, -0.25) is 9.78 Å². The fraction of sp³-hybridized carbons (Fsp3) is 0.480. The molecule has 1 aromatic heterocycles. The van der Waals surface area contributed by atoms with Crippen LogP contribution in [0.2, 0.25) is 0 Å². The Morgan fingerprint density at radius 3 is 3.00 bits per heavy atom. The van der Waals surface area contributed by atoms with Crippen molar-refractivity contribution in [1.82, 2.24) is 9.88 Å². The topological polar surface area (TPSA) is 87.5 Å². The Morgan fingerprint density at radius 1 is 1.19 bits per heavy atom. The average Bonchev–Trinajstić information content (AvgIpc) is 3.30. The van der Waals surface area contributed by atoms with E-state index in [1.54, 1.807) is 12.4 Å². The summed E-state index contributed by atoms with van der Waals surface area (Å²) in [5.74, 6) is 1.19. The Hall–Kier alpha value is -3.11. The number of benzene rings is 1. The van der Waals surface area contributed by atoms with Gasteiger partial charge in [0.1, 0.15) is 11.8 Å². The van der Waals surface area contributed by atoms with Gasteiger partial charge in [0.25, 0.3) is 5.91 Å². The molecule has 0 radical (unpaired) electrons. The number of carbonyl (C=O) groups excluding carboxylic acids is 1. The molecular weight excluding hydrogens is 404 g/mol. The van der Waals surface area contributed by atoms with E-state index in [-0.39, 0.29) is 30.7 Å². The average molecular weight is 433 g/mol. The molecule has 3 heterocycles. The lowest BCUT2D eigenvalue weighted by Crippen LogP contribution is -2.57. The standard InChI is InChI=1S/C25H28N4O3/c26-13-18-14-27-10-9-21(18)28-22-5-3-11-29-23(22)15-31-19-8-7-17(12-19)20-4-1-2-6-24(20)32-16-25(29)30/h1-2,4,6,9-10,14,17,19,22-23H,3,5,7-8,11-12,15-16H2,(H,27,28)/t17-,19+,22-,23-/m0/s1. The highest BCUT2D eigenvalue weighted by molar-refractivity contribution is 5.78. The van der Waals surface area contributed by atoms with Gasteiger partial charge in [-0.05, 0) is 55.7 Å². The third kappa shape index (κ3) is 4.15. The summed E-state index contributed by atoms with van der Waals surface area (Å²) in [6.45, 7) is 1.19. The van der Waals surface area contributed by atoms with E-state index in [1.807, 2.05) is 29.2 Å². The lowest BCUT2D eigenvalue weighted by Gasteiger charge is -2.42. The molecule has 5 rings (SSSR count). The van der Waals surface area contributed by atoms with Gasteiger partial charge in [-0.15, -0.1) is 0 Å². The van der Waals surface area contributed by atoms with Crippen LogP contribution in [0.4, 0.5) is 5.69 Å². The normalized spacial score (nSPS) is 27.7. The summed E-state index contributed by atoms with van der Waals surface area (Å²) in [5.41, 5.74) is 2.44. The molecule has 2 fully saturated rings. The number of hydrogen-bond donors (Lipinski definition) is 1. The second kappa shape index (κ2) is 9.17. The summed E-state index contributed by atoms with van der Waals surface area (Å²) >= 11 is 0. The number of para-hydroxylation sites is 1. The summed E-state index contributed by atoms with van der Waals surface area (Å²) in [6.07, 6.45) is 8.27. The van der Waals surface area contributed by atoms with Gasteiger partial charge in [0.2, 0.25) is 0 Å². The summed E-state index contributed by atoms with van der Waals surface area (Å²) < 4.78 is 12.5. The van der Waals surface area contributed by atoms with Crippen LogP contribution in [0.25, 0.3) is 0 Å². The SMILES string of the molecule is N#Cc1cnccc1N[C@H]1CCCN2C(=O)COc3ccccc3[C@H]3CC[C@H](C3)OC[C@@H]12. The maximum absolute atomic E-state index is 13.2. The van der Waals surface area contributed by atoms with Gasteiger partial charge in [0.15, 0.2) is 6.61 Å². The first kappa shape index (κ1) is 20.8. The molecule has 3 aliphatic rings. The molecule has 0 spiro atoms. The van der Waals surface area contributed by atoms with Gasteiger partial charge in [-0.25, -0.2) is 0 Å². The maximum atomic E-state index is 13.2. The number of pyridine rings is 1. The summed E-state index contributed by atoms with van der Waals surface area (Å²) in [5, 5.41) is 13.0. The number of fused-ring (bicyclic) bond motifs is 5. The molecule has 32 heavy (non-hydrogen) atoms. The van der Waals surface area contributed by atoms with Crippen molar-refractivity contribution in [2.75, 3.05) is 25.1 Å². The lowest BCUT2D eigenvalue weighted by atomic mass is 9.95. The molecule has 1 N–H and O–H groups in total. The van der Waals surface area contributed by atoms with Crippen LogP contribution in [0.1, 0.15) is 49.1 Å². The number of aromatic nitrogens is 1. The van der Waals surface area contributed by atoms with Gasteiger partial charge < -0.3 is 19.7 Å². The fourth-order valence-electron chi connectivity index (χ4n) is 5.33. The number of rotatable bonds is 2.